The topological polar surface area (TPSA) is 41.1 Å². The molecule has 2 aromatic rings. The fourth-order valence-corrected chi connectivity index (χ4v) is 3.34. The van der Waals surface area contributed by atoms with E-state index in [1.807, 2.05) is 25.1 Å². The normalized spacial score (nSPS) is 12.0. The Morgan fingerprint density at radius 2 is 2.05 bits per heavy atom. The van der Waals surface area contributed by atoms with E-state index < -0.39 is 0 Å². The van der Waals surface area contributed by atoms with Crippen molar-refractivity contribution in [1.29, 1.82) is 0 Å². The highest BCUT2D eigenvalue weighted by Gasteiger charge is 2.09. The van der Waals surface area contributed by atoms with Crippen molar-refractivity contribution >= 4 is 44.5 Å². The van der Waals surface area contributed by atoms with E-state index in [9.17, 15) is 4.79 Å². The number of carbonyl (C=O) groups excluding carboxylic acids is 1. The van der Waals surface area contributed by atoms with Gasteiger partial charge in [0.05, 0.1) is 9.83 Å². The van der Waals surface area contributed by atoms with Gasteiger partial charge in [0, 0.05) is 23.2 Å². The molecule has 1 unspecified atom stereocenters. The Hall–Kier alpha value is -1.33. The maximum atomic E-state index is 11.2. The molecule has 1 atom stereocenters. The minimum Gasteiger partial charge on any atom is -0.378 e. The Morgan fingerprint density at radius 1 is 1.30 bits per heavy atom. The first kappa shape index (κ1) is 15.1. The van der Waals surface area contributed by atoms with Crippen LogP contribution < -0.4 is 10.6 Å². The molecule has 0 spiro atoms. The predicted octanol–water partition coefficient (Wildman–Crippen LogP) is 4.95. The summed E-state index contributed by atoms with van der Waals surface area (Å²) < 4.78 is 1.13. The van der Waals surface area contributed by atoms with Gasteiger partial charge in [-0.1, -0.05) is 6.07 Å². The van der Waals surface area contributed by atoms with Crippen LogP contribution in [-0.4, -0.2) is 5.91 Å². The largest absolute Gasteiger partial charge is 0.378 e. The molecule has 0 fully saturated rings. The lowest BCUT2D eigenvalue weighted by atomic mass is 10.1. The molecule has 106 valence electrons. The SMILES string of the molecule is CC(=O)Nc1cc(NC(C)c2ccc(Br)s2)ccc1C. The maximum absolute atomic E-state index is 11.2. The molecule has 1 aromatic carbocycles. The number of hydrogen-bond donors (Lipinski definition) is 2. The number of carbonyl (C=O) groups is 1. The third kappa shape index (κ3) is 3.84. The summed E-state index contributed by atoms with van der Waals surface area (Å²) in [6, 6.07) is 10.4. The van der Waals surface area contributed by atoms with Gasteiger partial charge in [-0.2, -0.15) is 0 Å². The van der Waals surface area contributed by atoms with Gasteiger partial charge in [-0.3, -0.25) is 4.79 Å². The number of amides is 1. The molecule has 1 aromatic heterocycles. The summed E-state index contributed by atoms with van der Waals surface area (Å²) in [5.41, 5.74) is 2.90. The van der Waals surface area contributed by atoms with E-state index in [1.54, 1.807) is 11.3 Å². The molecule has 1 amide bonds. The van der Waals surface area contributed by atoms with Crippen molar-refractivity contribution in [1.82, 2.24) is 0 Å². The van der Waals surface area contributed by atoms with Gasteiger partial charge in [0.15, 0.2) is 0 Å². The van der Waals surface area contributed by atoms with Gasteiger partial charge in [0.25, 0.3) is 0 Å². The van der Waals surface area contributed by atoms with Crippen LogP contribution >= 0.6 is 27.3 Å². The highest BCUT2D eigenvalue weighted by atomic mass is 79.9. The van der Waals surface area contributed by atoms with Gasteiger partial charge in [-0.25, -0.2) is 0 Å². The second-order valence-corrected chi connectivity index (χ2v) is 7.21. The van der Waals surface area contributed by atoms with Crippen molar-refractivity contribution in [2.75, 3.05) is 10.6 Å². The Bertz CT molecular complexity index is 624. The van der Waals surface area contributed by atoms with Crippen LogP contribution in [0.5, 0.6) is 0 Å². The predicted molar refractivity (Wildman–Crippen MR) is 89.5 cm³/mol. The number of anilines is 2. The van der Waals surface area contributed by atoms with Crippen molar-refractivity contribution in [3.05, 3.63) is 44.6 Å². The molecular formula is C15H17BrN2OS. The van der Waals surface area contributed by atoms with E-state index in [2.05, 4.69) is 45.6 Å². The standard InChI is InChI=1S/C15H17BrN2OS/c1-9-4-5-12(8-13(9)18-11(3)19)17-10(2)14-6-7-15(16)20-14/h4-8,10,17H,1-3H3,(H,18,19). The minimum atomic E-state index is -0.0551. The zero-order valence-electron chi connectivity index (χ0n) is 11.7. The molecule has 0 aliphatic rings. The molecule has 0 saturated heterocycles. The van der Waals surface area contributed by atoms with Gasteiger partial charge < -0.3 is 10.6 Å². The summed E-state index contributed by atoms with van der Waals surface area (Å²) in [6.07, 6.45) is 0. The molecule has 0 aliphatic carbocycles. The van der Waals surface area contributed by atoms with Gasteiger partial charge in [0.1, 0.15) is 0 Å². The van der Waals surface area contributed by atoms with Crippen LogP contribution in [0.2, 0.25) is 0 Å². The quantitative estimate of drug-likeness (QED) is 0.817. The third-order valence-corrected chi connectivity index (χ3v) is 4.76. The zero-order valence-corrected chi connectivity index (χ0v) is 14.1. The van der Waals surface area contributed by atoms with E-state index >= 15 is 0 Å². The number of halogens is 1. The highest BCUT2D eigenvalue weighted by molar-refractivity contribution is 9.11. The van der Waals surface area contributed by atoms with Crippen LogP contribution in [0.25, 0.3) is 0 Å². The molecule has 0 saturated carbocycles. The summed E-state index contributed by atoms with van der Waals surface area (Å²) >= 11 is 5.19. The number of benzene rings is 1. The molecule has 1 heterocycles. The third-order valence-electron chi connectivity index (χ3n) is 2.95. The Kier molecular flexibility index (Phi) is 4.83. The lowest BCUT2D eigenvalue weighted by molar-refractivity contribution is -0.114. The fourth-order valence-electron chi connectivity index (χ4n) is 1.92. The van der Waals surface area contributed by atoms with Crippen molar-refractivity contribution in [3.63, 3.8) is 0 Å². The second-order valence-electron chi connectivity index (χ2n) is 4.72. The van der Waals surface area contributed by atoms with Crippen LogP contribution in [0.15, 0.2) is 34.1 Å². The number of hydrogen-bond acceptors (Lipinski definition) is 3. The van der Waals surface area contributed by atoms with E-state index in [1.165, 1.54) is 11.8 Å². The van der Waals surface area contributed by atoms with Gasteiger partial charge in [-0.05, 0) is 59.6 Å². The van der Waals surface area contributed by atoms with Gasteiger partial charge >= 0.3 is 0 Å². The molecule has 2 N–H and O–H groups in total. The van der Waals surface area contributed by atoms with E-state index in [-0.39, 0.29) is 11.9 Å². The molecular weight excluding hydrogens is 336 g/mol. The molecule has 0 bridgehead atoms. The summed E-state index contributed by atoms with van der Waals surface area (Å²) in [6.45, 7) is 5.62. The van der Waals surface area contributed by atoms with Crippen LogP contribution in [0, 0.1) is 6.92 Å². The van der Waals surface area contributed by atoms with Crippen molar-refractivity contribution in [2.24, 2.45) is 0 Å². The molecule has 3 nitrogen and oxygen atoms in total. The Labute approximate surface area is 131 Å². The van der Waals surface area contributed by atoms with Gasteiger partial charge in [0.2, 0.25) is 5.91 Å². The molecule has 2 rings (SSSR count). The summed E-state index contributed by atoms with van der Waals surface area (Å²) in [7, 11) is 0. The van der Waals surface area contributed by atoms with E-state index in [0.717, 1.165) is 20.7 Å². The molecule has 0 aliphatic heterocycles. The second kappa shape index (κ2) is 6.41. The number of aryl methyl sites for hydroxylation is 1. The van der Waals surface area contributed by atoms with Crippen LogP contribution in [0.3, 0.4) is 0 Å². The highest BCUT2D eigenvalue weighted by Crippen LogP contribution is 2.30. The lowest BCUT2D eigenvalue weighted by Gasteiger charge is -2.16. The number of rotatable bonds is 4. The van der Waals surface area contributed by atoms with Crippen LogP contribution in [-0.2, 0) is 4.79 Å². The maximum Gasteiger partial charge on any atom is 0.221 e. The zero-order chi connectivity index (χ0) is 14.7. The monoisotopic (exact) mass is 352 g/mol. The van der Waals surface area contributed by atoms with Gasteiger partial charge in [-0.15, -0.1) is 11.3 Å². The van der Waals surface area contributed by atoms with E-state index in [0.29, 0.717) is 0 Å². The van der Waals surface area contributed by atoms with Crippen LogP contribution in [0.1, 0.15) is 30.3 Å². The fraction of sp³-hybridized carbons (Fsp3) is 0.267. The summed E-state index contributed by atoms with van der Waals surface area (Å²) in [5, 5.41) is 6.30. The van der Waals surface area contributed by atoms with Crippen molar-refractivity contribution in [3.8, 4) is 0 Å². The summed E-state index contributed by atoms with van der Waals surface area (Å²) in [5.74, 6) is -0.0551. The molecule has 5 heteroatoms. The molecule has 0 radical (unpaired) electrons. The first-order chi connectivity index (χ1) is 9.45. The number of nitrogens with one attached hydrogen (secondary N) is 2. The Morgan fingerprint density at radius 3 is 2.65 bits per heavy atom. The average molecular weight is 353 g/mol. The minimum absolute atomic E-state index is 0.0551. The summed E-state index contributed by atoms with van der Waals surface area (Å²) in [4.78, 5) is 12.5. The number of thiophene rings is 1. The van der Waals surface area contributed by atoms with Crippen molar-refractivity contribution < 1.29 is 4.79 Å². The molecule has 20 heavy (non-hydrogen) atoms. The smallest absolute Gasteiger partial charge is 0.221 e. The average Bonchev–Trinajstić information content (AvgIpc) is 2.79. The van der Waals surface area contributed by atoms with Crippen LogP contribution in [0.4, 0.5) is 11.4 Å². The lowest BCUT2D eigenvalue weighted by Crippen LogP contribution is -2.09. The van der Waals surface area contributed by atoms with Crippen molar-refractivity contribution in [2.45, 2.75) is 26.8 Å². The Balaban J connectivity index is 2.15. The first-order valence-electron chi connectivity index (χ1n) is 6.35. The first-order valence-corrected chi connectivity index (χ1v) is 7.96. The van der Waals surface area contributed by atoms with E-state index in [4.69, 9.17) is 0 Å².